The summed E-state index contributed by atoms with van der Waals surface area (Å²) in [6.07, 6.45) is 0.490. The first kappa shape index (κ1) is 17.2. The largest absolute Gasteiger partial charge is 0.384 e. The van der Waals surface area contributed by atoms with Crippen LogP contribution in [0.25, 0.3) is 0 Å². The molecule has 0 spiro atoms. The van der Waals surface area contributed by atoms with Crippen molar-refractivity contribution < 1.29 is 9.90 Å². The van der Waals surface area contributed by atoms with E-state index in [1.54, 1.807) is 6.92 Å². The zero-order valence-electron chi connectivity index (χ0n) is 12.6. The van der Waals surface area contributed by atoms with Gasteiger partial charge in [-0.2, -0.15) is 0 Å². The van der Waals surface area contributed by atoms with Crippen LogP contribution in [0, 0.1) is 11.8 Å². The van der Waals surface area contributed by atoms with Gasteiger partial charge in [-0.25, -0.2) is 0 Å². The molecule has 1 rings (SSSR count). The Morgan fingerprint density at radius 2 is 1.95 bits per heavy atom. The van der Waals surface area contributed by atoms with Crippen LogP contribution in [0.5, 0.6) is 0 Å². The van der Waals surface area contributed by atoms with Gasteiger partial charge in [-0.3, -0.25) is 4.79 Å². The molecule has 0 radical (unpaired) electrons. The highest BCUT2D eigenvalue weighted by Crippen LogP contribution is 2.27. The molecule has 0 saturated heterocycles. The normalized spacial score (nSPS) is 15.8. The number of hydrogen-bond donors (Lipinski definition) is 2. The minimum Gasteiger partial charge on any atom is -0.384 e. The highest BCUT2D eigenvalue weighted by molar-refractivity contribution is 9.10. The summed E-state index contributed by atoms with van der Waals surface area (Å²) in [7, 11) is 0. The van der Waals surface area contributed by atoms with E-state index in [-0.39, 0.29) is 12.5 Å². The van der Waals surface area contributed by atoms with Crippen LogP contribution < -0.4 is 5.32 Å². The lowest BCUT2D eigenvalue weighted by Crippen LogP contribution is -2.39. The van der Waals surface area contributed by atoms with Crippen LogP contribution in [0.2, 0.25) is 0 Å². The van der Waals surface area contributed by atoms with E-state index in [2.05, 4.69) is 42.0 Å². The molecule has 0 fully saturated rings. The van der Waals surface area contributed by atoms with Crippen molar-refractivity contribution in [3.05, 3.63) is 34.3 Å². The number of nitrogens with one attached hydrogen (secondary N) is 1. The average Bonchev–Trinajstić information content (AvgIpc) is 2.36. The van der Waals surface area contributed by atoms with Gasteiger partial charge in [0.25, 0.3) is 0 Å². The van der Waals surface area contributed by atoms with Gasteiger partial charge in [-0.05, 0) is 30.4 Å². The maximum absolute atomic E-state index is 11.9. The van der Waals surface area contributed by atoms with E-state index in [1.165, 1.54) is 0 Å². The smallest absolute Gasteiger partial charge is 0.220 e. The molecule has 0 bridgehead atoms. The van der Waals surface area contributed by atoms with Gasteiger partial charge in [-0.15, -0.1) is 0 Å². The number of rotatable bonds is 6. The average molecular weight is 342 g/mol. The van der Waals surface area contributed by atoms with Crippen molar-refractivity contribution in [1.29, 1.82) is 0 Å². The third-order valence-corrected chi connectivity index (χ3v) is 4.42. The number of aliphatic hydroxyl groups is 1. The summed E-state index contributed by atoms with van der Waals surface area (Å²) in [5.74, 6) is 0.798. The van der Waals surface area contributed by atoms with E-state index >= 15 is 0 Å². The molecule has 2 N–H and O–H groups in total. The van der Waals surface area contributed by atoms with Gasteiger partial charge >= 0.3 is 0 Å². The standard InChI is InChI=1S/C16H24BrNO2/c1-11(2)12(3)9-15(19)18-10-16(4,20)13-7-5-6-8-14(13)17/h5-8,11-12,20H,9-10H2,1-4H3,(H,18,19)/t12-,16-/m1/s1. The third kappa shape index (κ3) is 4.91. The number of carbonyl (C=O) groups excluding carboxylic acids is 1. The Labute approximate surface area is 129 Å². The van der Waals surface area contributed by atoms with Gasteiger partial charge in [0.15, 0.2) is 0 Å². The monoisotopic (exact) mass is 341 g/mol. The Morgan fingerprint density at radius 3 is 2.50 bits per heavy atom. The Morgan fingerprint density at radius 1 is 1.35 bits per heavy atom. The summed E-state index contributed by atoms with van der Waals surface area (Å²) >= 11 is 3.43. The van der Waals surface area contributed by atoms with E-state index < -0.39 is 5.60 Å². The van der Waals surface area contributed by atoms with E-state index in [4.69, 9.17) is 0 Å². The number of halogens is 1. The zero-order valence-corrected chi connectivity index (χ0v) is 14.2. The first-order valence-electron chi connectivity index (χ1n) is 6.98. The molecule has 4 heteroatoms. The third-order valence-electron chi connectivity index (χ3n) is 3.73. The van der Waals surface area contributed by atoms with Crippen LogP contribution in [-0.4, -0.2) is 17.6 Å². The quantitative estimate of drug-likeness (QED) is 0.832. The van der Waals surface area contributed by atoms with Crippen molar-refractivity contribution >= 4 is 21.8 Å². The second kappa shape index (κ2) is 7.23. The molecule has 1 aromatic rings. The molecule has 0 unspecified atom stereocenters. The van der Waals surface area contributed by atoms with Crippen LogP contribution in [-0.2, 0) is 10.4 Å². The van der Waals surface area contributed by atoms with Gasteiger partial charge in [0.2, 0.25) is 5.91 Å². The first-order chi connectivity index (χ1) is 9.24. The summed E-state index contributed by atoms with van der Waals surface area (Å²) in [5, 5.41) is 13.3. The van der Waals surface area contributed by atoms with Gasteiger partial charge < -0.3 is 10.4 Å². The molecular weight excluding hydrogens is 318 g/mol. The second-order valence-corrected chi connectivity index (χ2v) is 6.81. The van der Waals surface area contributed by atoms with Gasteiger partial charge in [-0.1, -0.05) is 54.9 Å². The molecule has 3 nitrogen and oxygen atoms in total. The van der Waals surface area contributed by atoms with E-state index in [0.717, 1.165) is 10.0 Å². The van der Waals surface area contributed by atoms with Crippen LogP contribution in [0.3, 0.4) is 0 Å². The van der Waals surface area contributed by atoms with E-state index in [0.29, 0.717) is 18.3 Å². The Kier molecular flexibility index (Phi) is 6.21. The second-order valence-electron chi connectivity index (χ2n) is 5.96. The molecule has 0 aliphatic heterocycles. The molecule has 1 aromatic carbocycles. The molecule has 0 aliphatic carbocycles. The predicted molar refractivity (Wildman–Crippen MR) is 85.3 cm³/mol. The lowest BCUT2D eigenvalue weighted by atomic mass is 9.93. The van der Waals surface area contributed by atoms with Crippen LogP contribution >= 0.6 is 15.9 Å². The van der Waals surface area contributed by atoms with Crippen molar-refractivity contribution in [3.63, 3.8) is 0 Å². The number of benzene rings is 1. The Hall–Kier alpha value is -0.870. The van der Waals surface area contributed by atoms with Crippen LogP contribution in [0.1, 0.15) is 39.7 Å². The van der Waals surface area contributed by atoms with Crippen LogP contribution in [0.15, 0.2) is 28.7 Å². The molecular formula is C16H24BrNO2. The van der Waals surface area contributed by atoms with Crippen molar-refractivity contribution in [2.45, 2.75) is 39.7 Å². The predicted octanol–water partition coefficient (Wildman–Crippen LogP) is 3.46. The first-order valence-corrected chi connectivity index (χ1v) is 7.77. The maximum atomic E-state index is 11.9. The van der Waals surface area contributed by atoms with Crippen molar-refractivity contribution in [2.75, 3.05) is 6.54 Å². The fourth-order valence-electron chi connectivity index (χ4n) is 1.86. The summed E-state index contributed by atoms with van der Waals surface area (Å²) in [6, 6.07) is 7.50. The fourth-order valence-corrected chi connectivity index (χ4v) is 2.58. The molecule has 112 valence electrons. The highest BCUT2D eigenvalue weighted by Gasteiger charge is 2.26. The van der Waals surface area contributed by atoms with Crippen LogP contribution in [0.4, 0.5) is 0 Å². The number of carbonyl (C=O) groups is 1. The molecule has 1 amide bonds. The minimum absolute atomic E-state index is 0.0153. The molecule has 20 heavy (non-hydrogen) atoms. The summed E-state index contributed by atoms with van der Waals surface area (Å²) in [6.45, 7) is 8.19. The van der Waals surface area contributed by atoms with Crippen molar-refractivity contribution in [2.24, 2.45) is 11.8 Å². The van der Waals surface area contributed by atoms with Gasteiger partial charge in [0, 0.05) is 10.9 Å². The fraction of sp³-hybridized carbons (Fsp3) is 0.562. The summed E-state index contributed by atoms with van der Waals surface area (Å²) in [5.41, 5.74) is -0.311. The minimum atomic E-state index is -1.09. The maximum Gasteiger partial charge on any atom is 0.220 e. The molecule has 0 saturated carbocycles. The lowest BCUT2D eigenvalue weighted by Gasteiger charge is -2.26. The summed E-state index contributed by atoms with van der Waals surface area (Å²) in [4.78, 5) is 11.9. The number of amides is 1. The Bertz CT molecular complexity index is 458. The van der Waals surface area contributed by atoms with E-state index in [1.807, 2.05) is 24.3 Å². The highest BCUT2D eigenvalue weighted by atomic mass is 79.9. The topological polar surface area (TPSA) is 49.3 Å². The van der Waals surface area contributed by atoms with E-state index in [9.17, 15) is 9.90 Å². The molecule has 2 atom stereocenters. The molecule has 0 aliphatic rings. The molecule has 0 heterocycles. The summed E-state index contributed by atoms with van der Waals surface area (Å²) < 4.78 is 0.842. The SMILES string of the molecule is CC(C)[C@H](C)CC(=O)NC[C@@](C)(O)c1ccccc1Br. The van der Waals surface area contributed by atoms with Gasteiger partial charge in [0.1, 0.15) is 5.60 Å². The van der Waals surface area contributed by atoms with Crippen molar-refractivity contribution in [1.82, 2.24) is 5.32 Å². The number of hydrogen-bond acceptors (Lipinski definition) is 2. The zero-order chi connectivity index (χ0) is 15.3. The van der Waals surface area contributed by atoms with Gasteiger partial charge in [0.05, 0.1) is 6.54 Å². The van der Waals surface area contributed by atoms with Crippen molar-refractivity contribution in [3.8, 4) is 0 Å². The lowest BCUT2D eigenvalue weighted by molar-refractivity contribution is -0.123. The molecule has 0 aromatic heterocycles. The Balaban J connectivity index is 2.60.